The van der Waals surface area contributed by atoms with Gasteiger partial charge in [-0.1, -0.05) is 25.4 Å². The molecule has 1 aromatic carbocycles. The van der Waals surface area contributed by atoms with Crippen molar-refractivity contribution in [2.75, 3.05) is 13.1 Å². The summed E-state index contributed by atoms with van der Waals surface area (Å²) in [5.41, 5.74) is -0.668. The van der Waals surface area contributed by atoms with Crippen LogP contribution in [-0.4, -0.2) is 29.5 Å². The van der Waals surface area contributed by atoms with Gasteiger partial charge in [-0.2, -0.15) is 0 Å². The molecule has 1 saturated carbocycles. The molecule has 1 aromatic rings. The first-order chi connectivity index (χ1) is 11.5. The van der Waals surface area contributed by atoms with Gasteiger partial charge in [0.25, 0.3) is 5.91 Å². The number of halogens is 1. The number of benzene rings is 1. The van der Waals surface area contributed by atoms with E-state index < -0.39 is 5.60 Å². The summed E-state index contributed by atoms with van der Waals surface area (Å²) in [6.07, 6.45) is 5.97. The van der Waals surface area contributed by atoms with Crippen LogP contribution in [0.5, 0.6) is 5.75 Å². The summed E-state index contributed by atoms with van der Waals surface area (Å²) in [5, 5.41) is 0.685. The molecule has 0 spiro atoms. The topological polar surface area (TPSA) is 29.5 Å². The van der Waals surface area contributed by atoms with E-state index in [4.69, 9.17) is 16.3 Å². The summed E-state index contributed by atoms with van der Waals surface area (Å²) in [4.78, 5) is 15.3. The number of nitrogens with zero attached hydrogens (tertiary/aromatic N) is 1. The zero-order valence-corrected chi connectivity index (χ0v) is 15.5. The molecule has 0 N–H and O–H groups in total. The van der Waals surface area contributed by atoms with Crippen LogP contribution in [0.1, 0.15) is 52.4 Å². The van der Waals surface area contributed by atoms with E-state index in [1.165, 1.54) is 0 Å². The molecule has 24 heavy (non-hydrogen) atoms. The Hall–Kier alpha value is -1.22. The van der Waals surface area contributed by atoms with E-state index in [9.17, 15) is 4.79 Å². The molecule has 4 heteroatoms. The molecule has 1 saturated heterocycles. The number of ether oxygens (including phenoxy) is 1. The number of amides is 1. The maximum absolute atomic E-state index is 13.2. The van der Waals surface area contributed by atoms with Crippen molar-refractivity contribution >= 4 is 17.5 Å². The highest BCUT2D eigenvalue weighted by Gasteiger charge is 2.46. The lowest BCUT2D eigenvalue weighted by Gasteiger charge is -2.39. The minimum absolute atomic E-state index is 0.192. The molecule has 0 aromatic heterocycles. The molecule has 1 aliphatic heterocycles. The molecule has 1 heterocycles. The first-order valence-corrected chi connectivity index (χ1v) is 9.62. The Morgan fingerprint density at radius 3 is 2.29 bits per heavy atom. The fraction of sp³-hybridized carbons (Fsp3) is 0.650. The highest BCUT2D eigenvalue weighted by atomic mass is 35.5. The molecular formula is C20H28ClNO2. The van der Waals surface area contributed by atoms with Gasteiger partial charge in [-0.15, -0.1) is 0 Å². The first kappa shape index (κ1) is 17.6. The largest absolute Gasteiger partial charge is 0.477 e. The van der Waals surface area contributed by atoms with Gasteiger partial charge >= 0.3 is 0 Å². The third-order valence-corrected chi connectivity index (χ3v) is 5.95. The predicted molar refractivity (Wildman–Crippen MR) is 97.4 cm³/mol. The number of hydrogen-bond acceptors (Lipinski definition) is 2. The molecule has 3 nitrogen and oxygen atoms in total. The first-order valence-electron chi connectivity index (χ1n) is 9.24. The summed E-state index contributed by atoms with van der Waals surface area (Å²) >= 11 is 5.96. The Balaban J connectivity index is 1.70. The number of likely N-dealkylation sites (tertiary alicyclic amines) is 1. The van der Waals surface area contributed by atoms with E-state index in [-0.39, 0.29) is 5.91 Å². The van der Waals surface area contributed by atoms with E-state index in [0.29, 0.717) is 10.9 Å². The van der Waals surface area contributed by atoms with Gasteiger partial charge in [0.1, 0.15) is 5.75 Å². The lowest BCUT2D eigenvalue weighted by molar-refractivity contribution is -0.149. The van der Waals surface area contributed by atoms with Gasteiger partial charge in [-0.05, 0) is 74.6 Å². The minimum atomic E-state index is -0.668. The van der Waals surface area contributed by atoms with E-state index in [2.05, 4.69) is 13.8 Å². The fourth-order valence-corrected chi connectivity index (χ4v) is 4.22. The summed E-state index contributed by atoms with van der Waals surface area (Å²) in [7, 11) is 0. The molecule has 2 aliphatic rings. The van der Waals surface area contributed by atoms with Crippen molar-refractivity contribution in [1.82, 2.24) is 4.90 Å². The lowest BCUT2D eigenvalue weighted by atomic mass is 9.86. The SMILES string of the molecule is CC(C)C1CCN(C(=O)C2(Oc3ccc(Cl)cc3)CCCC2)CC1. The van der Waals surface area contributed by atoms with E-state index in [0.717, 1.165) is 63.3 Å². The van der Waals surface area contributed by atoms with E-state index in [1.54, 1.807) is 0 Å². The van der Waals surface area contributed by atoms with Crippen molar-refractivity contribution in [3.63, 3.8) is 0 Å². The molecule has 0 unspecified atom stereocenters. The van der Waals surface area contributed by atoms with Crippen LogP contribution in [0.25, 0.3) is 0 Å². The second-order valence-electron chi connectivity index (χ2n) is 7.63. The van der Waals surface area contributed by atoms with Crippen LogP contribution in [0.15, 0.2) is 24.3 Å². The molecule has 0 radical (unpaired) electrons. The number of piperidine rings is 1. The Morgan fingerprint density at radius 2 is 1.75 bits per heavy atom. The predicted octanol–water partition coefficient (Wildman–Crippen LogP) is 4.93. The molecule has 1 amide bonds. The number of hydrogen-bond donors (Lipinski definition) is 0. The maximum Gasteiger partial charge on any atom is 0.266 e. The van der Waals surface area contributed by atoms with Gasteiger partial charge in [0.2, 0.25) is 0 Å². The molecule has 0 atom stereocenters. The molecule has 132 valence electrons. The van der Waals surface area contributed by atoms with Crippen molar-refractivity contribution in [3.8, 4) is 5.75 Å². The fourth-order valence-electron chi connectivity index (χ4n) is 4.09. The molecule has 1 aliphatic carbocycles. The van der Waals surface area contributed by atoms with Crippen LogP contribution in [0, 0.1) is 11.8 Å². The molecule has 2 fully saturated rings. The highest BCUT2D eigenvalue weighted by Crippen LogP contribution is 2.37. The Bertz CT molecular complexity index is 556. The second-order valence-corrected chi connectivity index (χ2v) is 8.07. The van der Waals surface area contributed by atoms with E-state index in [1.807, 2.05) is 29.2 Å². The standard InChI is InChI=1S/C20H28ClNO2/c1-15(2)16-9-13-22(14-10-16)19(23)20(11-3-4-12-20)24-18-7-5-17(21)6-8-18/h5-8,15-16H,3-4,9-14H2,1-2H3. The third-order valence-electron chi connectivity index (χ3n) is 5.70. The van der Waals surface area contributed by atoms with Crippen molar-refractivity contribution < 1.29 is 9.53 Å². The number of carbonyl (C=O) groups is 1. The third kappa shape index (κ3) is 3.72. The summed E-state index contributed by atoms with van der Waals surface area (Å²) < 4.78 is 6.26. The van der Waals surface area contributed by atoms with Gasteiger partial charge < -0.3 is 9.64 Å². The maximum atomic E-state index is 13.2. The van der Waals surface area contributed by atoms with Gasteiger partial charge in [0.15, 0.2) is 5.60 Å². The Labute approximate surface area is 150 Å². The normalized spacial score (nSPS) is 21.2. The summed E-state index contributed by atoms with van der Waals surface area (Å²) in [6.45, 7) is 6.30. The number of rotatable bonds is 4. The molecule has 0 bridgehead atoms. The van der Waals surface area contributed by atoms with Crippen LogP contribution >= 0.6 is 11.6 Å². The van der Waals surface area contributed by atoms with Gasteiger partial charge in [-0.25, -0.2) is 0 Å². The molecular weight excluding hydrogens is 322 g/mol. The summed E-state index contributed by atoms with van der Waals surface area (Å²) in [5.74, 6) is 2.38. The van der Waals surface area contributed by atoms with Crippen molar-refractivity contribution in [2.45, 2.75) is 58.0 Å². The second kappa shape index (κ2) is 7.35. The zero-order chi connectivity index (χ0) is 17.2. The minimum Gasteiger partial charge on any atom is -0.477 e. The van der Waals surface area contributed by atoms with Gasteiger partial charge in [-0.3, -0.25) is 4.79 Å². The van der Waals surface area contributed by atoms with Crippen molar-refractivity contribution in [1.29, 1.82) is 0 Å². The zero-order valence-electron chi connectivity index (χ0n) is 14.8. The lowest BCUT2D eigenvalue weighted by Crippen LogP contribution is -2.53. The average molecular weight is 350 g/mol. The van der Waals surface area contributed by atoms with Crippen LogP contribution in [-0.2, 0) is 4.79 Å². The summed E-state index contributed by atoms with van der Waals surface area (Å²) in [6, 6.07) is 7.36. The van der Waals surface area contributed by atoms with Crippen molar-refractivity contribution in [2.24, 2.45) is 11.8 Å². The van der Waals surface area contributed by atoms with Crippen LogP contribution in [0.2, 0.25) is 5.02 Å². The highest BCUT2D eigenvalue weighted by molar-refractivity contribution is 6.30. The number of carbonyl (C=O) groups excluding carboxylic acids is 1. The molecule has 3 rings (SSSR count). The smallest absolute Gasteiger partial charge is 0.266 e. The van der Waals surface area contributed by atoms with Crippen LogP contribution < -0.4 is 4.74 Å². The van der Waals surface area contributed by atoms with Gasteiger partial charge in [0.05, 0.1) is 0 Å². The Kier molecular flexibility index (Phi) is 5.39. The van der Waals surface area contributed by atoms with Crippen molar-refractivity contribution in [3.05, 3.63) is 29.3 Å². The van der Waals surface area contributed by atoms with Crippen LogP contribution in [0.3, 0.4) is 0 Å². The van der Waals surface area contributed by atoms with E-state index >= 15 is 0 Å². The Morgan fingerprint density at radius 1 is 1.17 bits per heavy atom. The average Bonchev–Trinajstić information content (AvgIpc) is 3.06. The van der Waals surface area contributed by atoms with Gasteiger partial charge in [0, 0.05) is 18.1 Å². The quantitative estimate of drug-likeness (QED) is 0.771. The monoisotopic (exact) mass is 349 g/mol. The van der Waals surface area contributed by atoms with Crippen LogP contribution in [0.4, 0.5) is 0 Å².